The predicted octanol–water partition coefficient (Wildman–Crippen LogP) is 5.18. The number of hydrogen-bond donors (Lipinski definition) is 0. The molecule has 1 aliphatic rings. The highest BCUT2D eigenvalue weighted by Gasteiger charge is 2.25. The van der Waals surface area contributed by atoms with Gasteiger partial charge in [-0.3, -0.25) is 4.98 Å². The van der Waals surface area contributed by atoms with Gasteiger partial charge in [-0.15, -0.1) is 0 Å². The van der Waals surface area contributed by atoms with Crippen LogP contribution in [0.1, 0.15) is 28.3 Å². The quantitative estimate of drug-likeness (QED) is 0.490. The van der Waals surface area contributed by atoms with Crippen LogP contribution in [-0.2, 0) is 6.54 Å². The molecule has 1 atom stereocenters. The van der Waals surface area contributed by atoms with Gasteiger partial charge >= 0.3 is 0 Å². The molecule has 0 radical (unpaired) electrons. The summed E-state index contributed by atoms with van der Waals surface area (Å²) in [5.41, 5.74) is 7.22. The maximum atomic E-state index is 4.65. The van der Waals surface area contributed by atoms with E-state index in [0.717, 1.165) is 30.0 Å². The van der Waals surface area contributed by atoms with E-state index in [1.54, 1.807) is 6.20 Å². The molecule has 0 aliphatic carbocycles. The van der Waals surface area contributed by atoms with Crippen molar-refractivity contribution in [2.75, 3.05) is 13.6 Å². The Kier molecular flexibility index (Phi) is 4.18. The van der Waals surface area contributed by atoms with Crippen LogP contribution in [0.4, 0.5) is 0 Å². The van der Waals surface area contributed by atoms with E-state index in [1.165, 1.54) is 27.5 Å². The molecule has 0 N–H and O–H groups in total. The van der Waals surface area contributed by atoms with Crippen LogP contribution in [-0.4, -0.2) is 28.5 Å². The summed E-state index contributed by atoms with van der Waals surface area (Å²) < 4.78 is 0. The normalized spacial score (nSPS) is 16.9. The topological polar surface area (TPSA) is 29.0 Å². The van der Waals surface area contributed by atoms with E-state index in [-0.39, 0.29) is 0 Å². The van der Waals surface area contributed by atoms with Gasteiger partial charge in [0.25, 0.3) is 0 Å². The van der Waals surface area contributed by atoms with E-state index in [9.17, 15) is 0 Å². The number of rotatable bonds is 2. The number of fused-ring (bicyclic) bond motifs is 2. The summed E-state index contributed by atoms with van der Waals surface area (Å²) >= 11 is 0. The number of aryl methyl sites for hydroxylation is 1. The number of likely N-dealkylation sites (N-methyl/N-ethyl adjacent to an activating group) is 1. The van der Waals surface area contributed by atoms with Crippen LogP contribution in [0, 0.1) is 6.92 Å². The first-order chi connectivity index (χ1) is 13.7. The summed E-state index contributed by atoms with van der Waals surface area (Å²) in [6.45, 7) is 3.99. The van der Waals surface area contributed by atoms with E-state index in [2.05, 4.69) is 82.6 Å². The molecule has 1 unspecified atom stereocenters. The van der Waals surface area contributed by atoms with Gasteiger partial charge in [0.05, 0.1) is 17.6 Å². The molecule has 5 rings (SSSR count). The van der Waals surface area contributed by atoms with Gasteiger partial charge in [-0.1, -0.05) is 54.6 Å². The zero-order valence-electron chi connectivity index (χ0n) is 16.3. The van der Waals surface area contributed by atoms with E-state index < -0.39 is 0 Å². The SMILES string of the molecule is Cc1cncc(-c2ccc3c(c2)CN(C)CC3c2ccc3ccccc3c2)n1. The first-order valence-corrected chi connectivity index (χ1v) is 9.76. The summed E-state index contributed by atoms with van der Waals surface area (Å²) in [5, 5.41) is 2.60. The fourth-order valence-electron chi connectivity index (χ4n) is 4.32. The minimum Gasteiger partial charge on any atom is -0.301 e. The number of nitrogens with zero attached hydrogens (tertiary/aromatic N) is 3. The lowest BCUT2D eigenvalue weighted by molar-refractivity contribution is 0.295. The van der Waals surface area contributed by atoms with Crippen molar-refractivity contribution in [3.8, 4) is 11.3 Å². The van der Waals surface area contributed by atoms with Crippen LogP contribution >= 0.6 is 0 Å². The van der Waals surface area contributed by atoms with Crippen LogP contribution in [0.3, 0.4) is 0 Å². The Morgan fingerprint density at radius 2 is 1.79 bits per heavy atom. The van der Waals surface area contributed by atoms with Crippen molar-refractivity contribution >= 4 is 10.8 Å². The number of aromatic nitrogens is 2. The van der Waals surface area contributed by atoms with Crippen molar-refractivity contribution in [3.05, 3.63) is 95.4 Å². The van der Waals surface area contributed by atoms with E-state index in [0.29, 0.717) is 5.92 Å². The number of benzene rings is 3. The number of hydrogen-bond acceptors (Lipinski definition) is 3. The molecule has 1 aromatic heterocycles. The molecular formula is C25H23N3. The zero-order valence-corrected chi connectivity index (χ0v) is 16.3. The van der Waals surface area contributed by atoms with Crippen molar-refractivity contribution in [1.82, 2.24) is 14.9 Å². The Morgan fingerprint density at radius 3 is 2.64 bits per heavy atom. The monoisotopic (exact) mass is 365 g/mol. The molecule has 3 aromatic carbocycles. The summed E-state index contributed by atoms with van der Waals surface area (Å²) in [7, 11) is 2.20. The Hall–Kier alpha value is -3.04. The average molecular weight is 365 g/mol. The molecule has 0 spiro atoms. The fraction of sp³-hybridized carbons (Fsp3) is 0.200. The highest BCUT2D eigenvalue weighted by Crippen LogP contribution is 2.36. The molecule has 1 aliphatic heterocycles. The standard InChI is InChI=1S/C25H23N3/c1-17-13-26-14-25(27-17)21-9-10-23-22(12-21)15-28(2)16-24(23)20-8-7-18-5-3-4-6-19(18)11-20/h3-14,24H,15-16H2,1-2H3. The summed E-state index contributed by atoms with van der Waals surface area (Å²) in [6.07, 6.45) is 3.65. The van der Waals surface area contributed by atoms with Gasteiger partial charge in [-0.05, 0) is 47.5 Å². The van der Waals surface area contributed by atoms with E-state index in [1.807, 2.05) is 13.1 Å². The van der Waals surface area contributed by atoms with Gasteiger partial charge in [0.15, 0.2) is 0 Å². The van der Waals surface area contributed by atoms with Crippen molar-refractivity contribution in [2.45, 2.75) is 19.4 Å². The first kappa shape index (κ1) is 17.1. The minimum absolute atomic E-state index is 0.385. The maximum absolute atomic E-state index is 4.65. The van der Waals surface area contributed by atoms with Gasteiger partial charge in [0.1, 0.15) is 0 Å². The van der Waals surface area contributed by atoms with Gasteiger partial charge in [0.2, 0.25) is 0 Å². The smallest absolute Gasteiger partial charge is 0.0888 e. The average Bonchev–Trinajstić information content (AvgIpc) is 2.72. The molecule has 0 fully saturated rings. The second kappa shape index (κ2) is 6.84. The largest absolute Gasteiger partial charge is 0.301 e. The van der Waals surface area contributed by atoms with Gasteiger partial charge in [-0.25, -0.2) is 4.98 Å². The predicted molar refractivity (Wildman–Crippen MR) is 114 cm³/mol. The molecule has 3 heteroatoms. The van der Waals surface area contributed by atoms with Crippen LogP contribution < -0.4 is 0 Å². The zero-order chi connectivity index (χ0) is 19.1. The molecule has 0 amide bonds. The highest BCUT2D eigenvalue weighted by molar-refractivity contribution is 5.83. The molecule has 2 heterocycles. The minimum atomic E-state index is 0.385. The third kappa shape index (κ3) is 3.08. The maximum Gasteiger partial charge on any atom is 0.0888 e. The lowest BCUT2D eigenvalue weighted by Gasteiger charge is -2.33. The Balaban J connectivity index is 1.58. The summed E-state index contributed by atoms with van der Waals surface area (Å²) in [6, 6.07) is 22.3. The third-order valence-corrected chi connectivity index (χ3v) is 5.68. The van der Waals surface area contributed by atoms with Gasteiger partial charge in [0, 0.05) is 30.8 Å². The molecule has 3 nitrogen and oxygen atoms in total. The lowest BCUT2D eigenvalue weighted by Crippen LogP contribution is -2.31. The summed E-state index contributed by atoms with van der Waals surface area (Å²) in [5.74, 6) is 0.385. The Morgan fingerprint density at radius 1 is 0.929 bits per heavy atom. The molecule has 0 bridgehead atoms. The van der Waals surface area contributed by atoms with Crippen molar-refractivity contribution < 1.29 is 0 Å². The van der Waals surface area contributed by atoms with Crippen LogP contribution in [0.5, 0.6) is 0 Å². The van der Waals surface area contributed by atoms with Crippen LogP contribution in [0.2, 0.25) is 0 Å². The summed E-state index contributed by atoms with van der Waals surface area (Å²) in [4.78, 5) is 11.4. The molecule has 138 valence electrons. The highest BCUT2D eigenvalue weighted by atomic mass is 15.1. The molecule has 28 heavy (non-hydrogen) atoms. The second-order valence-corrected chi connectivity index (χ2v) is 7.82. The first-order valence-electron chi connectivity index (χ1n) is 9.76. The molecule has 0 saturated heterocycles. The van der Waals surface area contributed by atoms with Crippen molar-refractivity contribution in [3.63, 3.8) is 0 Å². The second-order valence-electron chi connectivity index (χ2n) is 7.82. The lowest BCUT2D eigenvalue weighted by atomic mass is 9.83. The molecular weight excluding hydrogens is 342 g/mol. The molecule has 4 aromatic rings. The molecule has 0 saturated carbocycles. The Bertz CT molecular complexity index is 1170. The Labute approximate surface area is 165 Å². The van der Waals surface area contributed by atoms with Crippen molar-refractivity contribution in [1.29, 1.82) is 0 Å². The van der Waals surface area contributed by atoms with Crippen molar-refractivity contribution in [2.24, 2.45) is 0 Å². The van der Waals surface area contributed by atoms with Gasteiger partial charge < -0.3 is 4.90 Å². The fourth-order valence-corrected chi connectivity index (χ4v) is 4.32. The van der Waals surface area contributed by atoms with Crippen LogP contribution in [0.25, 0.3) is 22.0 Å². The van der Waals surface area contributed by atoms with Gasteiger partial charge in [-0.2, -0.15) is 0 Å². The van der Waals surface area contributed by atoms with E-state index in [4.69, 9.17) is 0 Å². The van der Waals surface area contributed by atoms with E-state index >= 15 is 0 Å². The van der Waals surface area contributed by atoms with Crippen LogP contribution in [0.15, 0.2) is 73.1 Å². The third-order valence-electron chi connectivity index (χ3n) is 5.68.